The minimum atomic E-state index is -0.908. The number of piperazine rings is 1. The van der Waals surface area contributed by atoms with Gasteiger partial charge in [0.2, 0.25) is 0 Å². The van der Waals surface area contributed by atoms with E-state index < -0.39 is 11.5 Å². The first-order valence-corrected chi connectivity index (χ1v) is 8.39. The molecule has 1 aliphatic heterocycles. The van der Waals surface area contributed by atoms with Crippen LogP contribution in [0.25, 0.3) is 0 Å². The molecule has 1 amide bonds. The van der Waals surface area contributed by atoms with Gasteiger partial charge in [0, 0.05) is 26.2 Å². The number of aliphatic imine (C=N–C) groups is 1. The Balaban J connectivity index is 1.62. The summed E-state index contributed by atoms with van der Waals surface area (Å²) in [5.74, 6) is -0.187. The number of benzene rings is 1. The second kappa shape index (κ2) is 6.43. The van der Waals surface area contributed by atoms with Crippen LogP contribution in [-0.4, -0.2) is 64.3 Å². The zero-order valence-corrected chi connectivity index (χ0v) is 14.3. The number of nitrogens with zero attached hydrogens (tertiary/aromatic N) is 3. The minimum Gasteiger partial charge on any atom is -0.479 e. The van der Waals surface area contributed by atoms with Gasteiger partial charge in [0.05, 0.1) is 16.4 Å². The van der Waals surface area contributed by atoms with E-state index in [0.29, 0.717) is 49.6 Å². The molecule has 0 aromatic heterocycles. The Morgan fingerprint density at radius 1 is 1.12 bits per heavy atom. The maximum atomic E-state index is 12.5. The molecule has 128 valence electrons. The van der Waals surface area contributed by atoms with Crippen molar-refractivity contribution in [1.29, 1.82) is 0 Å². The average Bonchev–Trinajstić information content (AvgIpc) is 3.36. The van der Waals surface area contributed by atoms with Crippen molar-refractivity contribution in [2.24, 2.45) is 4.99 Å². The van der Waals surface area contributed by atoms with Crippen LogP contribution in [0.2, 0.25) is 5.02 Å². The van der Waals surface area contributed by atoms with E-state index in [1.807, 2.05) is 11.8 Å². The van der Waals surface area contributed by atoms with Crippen LogP contribution in [0.5, 0.6) is 0 Å². The van der Waals surface area contributed by atoms with Crippen LogP contribution >= 0.6 is 11.6 Å². The summed E-state index contributed by atoms with van der Waals surface area (Å²) in [6.45, 7) is 4.25. The molecule has 1 saturated heterocycles. The molecule has 1 N–H and O–H groups in total. The van der Waals surface area contributed by atoms with E-state index in [9.17, 15) is 14.7 Å². The van der Waals surface area contributed by atoms with E-state index in [0.717, 1.165) is 5.84 Å². The Bertz CT molecular complexity index is 692. The molecule has 1 aromatic carbocycles. The fourth-order valence-electron chi connectivity index (χ4n) is 2.91. The molecule has 2 aliphatic rings. The normalized spacial score (nSPS) is 20.0. The summed E-state index contributed by atoms with van der Waals surface area (Å²) in [7, 11) is 0. The quantitative estimate of drug-likeness (QED) is 0.670. The molecule has 2 fully saturated rings. The van der Waals surface area contributed by atoms with E-state index in [4.69, 9.17) is 11.6 Å². The highest BCUT2D eigenvalue weighted by Crippen LogP contribution is 2.40. The Hall–Kier alpha value is -2.08. The zero-order valence-electron chi connectivity index (χ0n) is 13.5. The first-order valence-electron chi connectivity index (χ1n) is 8.01. The highest BCUT2D eigenvalue weighted by molar-refractivity contribution is 6.33. The van der Waals surface area contributed by atoms with Crippen LogP contribution in [-0.2, 0) is 4.79 Å². The third kappa shape index (κ3) is 3.24. The van der Waals surface area contributed by atoms with Crippen molar-refractivity contribution in [1.82, 2.24) is 9.80 Å². The Labute approximate surface area is 145 Å². The number of aliphatic carboxylic acids is 1. The van der Waals surface area contributed by atoms with Gasteiger partial charge in [0.25, 0.3) is 5.91 Å². The fourth-order valence-corrected chi connectivity index (χ4v) is 3.13. The largest absolute Gasteiger partial charge is 0.479 e. The molecule has 7 heteroatoms. The van der Waals surface area contributed by atoms with Crippen molar-refractivity contribution in [3.05, 3.63) is 34.9 Å². The van der Waals surface area contributed by atoms with Crippen LogP contribution < -0.4 is 0 Å². The highest BCUT2D eigenvalue weighted by atomic mass is 35.5. The standard InChI is InChI=1S/C17H20ClN3O3/c1-12(19-17(6-7-17)16(23)24)20-8-10-21(11-9-20)15(22)13-4-2-3-5-14(13)18/h2-5H,6-11H2,1H3,(H,23,24)/b19-12+. The van der Waals surface area contributed by atoms with Crippen molar-refractivity contribution < 1.29 is 14.7 Å². The summed E-state index contributed by atoms with van der Waals surface area (Å²) in [6.07, 6.45) is 1.20. The number of rotatable bonds is 3. The predicted molar refractivity (Wildman–Crippen MR) is 91.6 cm³/mol. The smallest absolute Gasteiger partial charge is 0.331 e. The molecular weight excluding hydrogens is 330 g/mol. The van der Waals surface area contributed by atoms with E-state index >= 15 is 0 Å². The molecule has 3 rings (SSSR count). The lowest BCUT2D eigenvalue weighted by atomic mass is 10.2. The molecule has 1 aliphatic carbocycles. The molecule has 1 aromatic rings. The molecule has 0 atom stereocenters. The Kier molecular flexibility index (Phi) is 4.49. The summed E-state index contributed by atoms with van der Waals surface area (Å²) in [4.78, 5) is 32.0. The number of hydrogen-bond donors (Lipinski definition) is 1. The molecule has 1 saturated carbocycles. The van der Waals surface area contributed by atoms with Crippen LogP contribution in [0.15, 0.2) is 29.3 Å². The molecule has 1 heterocycles. The zero-order chi connectivity index (χ0) is 17.3. The summed E-state index contributed by atoms with van der Waals surface area (Å²) in [5, 5.41) is 9.69. The number of carboxylic acids is 1. The first-order chi connectivity index (χ1) is 11.4. The van der Waals surface area contributed by atoms with Crippen molar-refractivity contribution in [3.63, 3.8) is 0 Å². The molecule has 0 bridgehead atoms. The lowest BCUT2D eigenvalue weighted by Crippen LogP contribution is -2.50. The van der Waals surface area contributed by atoms with Gasteiger partial charge in [-0.05, 0) is 31.9 Å². The lowest BCUT2D eigenvalue weighted by molar-refractivity contribution is -0.139. The fraction of sp³-hybridized carbons (Fsp3) is 0.471. The summed E-state index contributed by atoms with van der Waals surface area (Å²) in [6, 6.07) is 7.04. The maximum absolute atomic E-state index is 12.5. The van der Waals surface area contributed by atoms with Crippen molar-refractivity contribution in [3.8, 4) is 0 Å². The van der Waals surface area contributed by atoms with Crippen LogP contribution in [0, 0.1) is 0 Å². The number of halogens is 1. The number of carbonyl (C=O) groups excluding carboxylic acids is 1. The maximum Gasteiger partial charge on any atom is 0.331 e. The van der Waals surface area contributed by atoms with Gasteiger partial charge in [0.15, 0.2) is 5.54 Å². The number of carbonyl (C=O) groups is 2. The van der Waals surface area contributed by atoms with Crippen LogP contribution in [0.3, 0.4) is 0 Å². The molecule has 0 unspecified atom stereocenters. The molecule has 6 nitrogen and oxygen atoms in total. The van der Waals surface area contributed by atoms with Gasteiger partial charge in [0.1, 0.15) is 0 Å². The second-order valence-corrected chi connectivity index (χ2v) is 6.66. The van der Waals surface area contributed by atoms with E-state index in [1.54, 1.807) is 29.2 Å². The highest BCUT2D eigenvalue weighted by Gasteiger charge is 2.51. The van der Waals surface area contributed by atoms with Gasteiger partial charge in [-0.3, -0.25) is 9.79 Å². The Morgan fingerprint density at radius 2 is 1.71 bits per heavy atom. The van der Waals surface area contributed by atoms with E-state index in [-0.39, 0.29) is 5.91 Å². The van der Waals surface area contributed by atoms with Gasteiger partial charge >= 0.3 is 5.97 Å². The number of carboxylic acid groups (broad SMARTS) is 1. The third-order valence-corrected chi connectivity index (χ3v) is 4.96. The van der Waals surface area contributed by atoms with Gasteiger partial charge < -0.3 is 14.9 Å². The first kappa shape index (κ1) is 16.8. The van der Waals surface area contributed by atoms with E-state index in [2.05, 4.69) is 4.99 Å². The molecule has 0 radical (unpaired) electrons. The topological polar surface area (TPSA) is 73.2 Å². The van der Waals surface area contributed by atoms with Crippen LogP contribution in [0.4, 0.5) is 0 Å². The van der Waals surface area contributed by atoms with Crippen LogP contribution in [0.1, 0.15) is 30.1 Å². The summed E-state index contributed by atoms with van der Waals surface area (Å²) in [5.41, 5.74) is -0.393. The van der Waals surface area contributed by atoms with Gasteiger partial charge in [-0.1, -0.05) is 23.7 Å². The molecule has 24 heavy (non-hydrogen) atoms. The van der Waals surface area contributed by atoms with Gasteiger partial charge in [-0.2, -0.15) is 0 Å². The number of hydrogen-bond acceptors (Lipinski definition) is 3. The van der Waals surface area contributed by atoms with E-state index in [1.165, 1.54) is 0 Å². The second-order valence-electron chi connectivity index (χ2n) is 6.25. The predicted octanol–water partition coefficient (Wildman–Crippen LogP) is 2.13. The van der Waals surface area contributed by atoms with Gasteiger partial charge in [-0.25, -0.2) is 4.79 Å². The lowest BCUT2D eigenvalue weighted by Gasteiger charge is -2.36. The van der Waals surface area contributed by atoms with Crippen molar-refractivity contribution >= 4 is 29.3 Å². The van der Waals surface area contributed by atoms with Crippen molar-refractivity contribution in [2.75, 3.05) is 26.2 Å². The summed E-state index contributed by atoms with van der Waals surface area (Å²) >= 11 is 6.09. The summed E-state index contributed by atoms with van der Waals surface area (Å²) < 4.78 is 0. The van der Waals surface area contributed by atoms with Crippen molar-refractivity contribution in [2.45, 2.75) is 25.3 Å². The minimum absolute atomic E-state index is 0.0703. The number of amidine groups is 1. The SMILES string of the molecule is C/C(=N\C1(C(=O)O)CC1)N1CCN(C(=O)c2ccccc2Cl)CC1. The Morgan fingerprint density at radius 3 is 2.25 bits per heavy atom. The molecule has 0 spiro atoms. The number of amides is 1. The van der Waals surface area contributed by atoms with Gasteiger partial charge in [-0.15, -0.1) is 0 Å². The molecular formula is C17H20ClN3O3. The third-order valence-electron chi connectivity index (χ3n) is 4.63. The average molecular weight is 350 g/mol. The monoisotopic (exact) mass is 349 g/mol.